The van der Waals surface area contributed by atoms with E-state index in [1.54, 1.807) is 0 Å². The van der Waals surface area contributed by atoms with Crippen LogP contribution in [0.25, 0.3) is 0 Å². The number of nitrogens with zero attached hydrogens (tertiary/aromatic N) is 1. The molecule has 0 radical (unpaired) electrons. The summed E-state index contributed by atoms with van der Waals surface area (Å²) in [5.74, 6) is 1.93. The van der Waals surface area contributed by atoms with Gasteiger partial charge in [-0.1, -0.05) is 30.3 Å². The van der Waals surface area contributed by atoms with E-state index in [1.807, 2.05) is 13.0 Å². The Bertz CT molecular complexity index is 505. The van der Waals surface area contributed by atoms with Gasteiger partial charge < -0.3 is 10.2 Å². The SMILES string of the molecule is Cc1oc(CN(C)CCc2ccccc2)cc1CN. The zero-order valence-corrected chi connectivity index (χ0v) is 11.7. The van der Waals surface area contributed by atoms with Crippen LogP contribution in [0.4, 0.5) is 0 Å². The van der Waals surface area contributed by atoms with Crippen LogP contribution in [0.2, 0.25) is 0 Å². The molecule has 3 heteroatoms. The second-order valence-electron chi connectivity index (χ2n) is 4.97. The smallest absolute Gasteiger partial charge is 0.118 e. The molecule has 1 aromatic carbocycles. The van der Waals surface area contributed by atoms with Gasteiger partial charge in [0.2, 0.25) is 0 Å². The largest absolute Gasteiger partial charge is 0.465 e. The van der Waals surface area contributed by atoms with Gasteiger partial charge in [-0.05, 0) is 32.0 Å². The van der Waals surface area contributed by atoms with Crippen molar-refractivity contribution in [2.24, 2.45) is 5.73 Å². The van der Waals surface area contributed by atoms with Crippen LogP contribution in [0.5, 0.6) is 0 Å². The molecule has 0 bridgehead atoms. The van der Waals surface area contributed by atoms with E-state index in [4.69, 9.17) is 10.2 Å². The summed E-state index contributed by atoms with van der Waals surface area (Å²) in [4.78, 5) is 2.27. The van der Waals surface area contributed by atoms with E-state index in [-0.39, 0.29) is 0 Å². The summed E-state index contributed by atoms with van der Waals surface area (Å²) in [5.41, 5.74) is 8.13. The highest BCUT2D eigenvalue weighted by atomic mass is 16.3. The molecule has 0 fully saturated rings. The van der Waals surface area contributed by atoms with Crippen molar-refractivity contribution in [3.8, 4) is 0 Å². The molecule has 102 valence electrons. The van der Waals surface area contributed by atoms with E-state index >= 15 is 0 Å². The van der Waals surface area contributed by atoms with Crippen molar-refractivity contribution < 1.29 is 4.42 Å². The second kappa shape index (κ2) is 6.55. The molecule has 2 aromatic rings. The Balaban J connectivity index is 1.85. The molecular formula is C16H22N2O. The van der Waals surface area contributed by atoms with Gasteiger partial charge in [0.15, 0.2) is 0 Å². The second-order valence-corrected chi connectivity index (χ2v) is 4.97. The molecular weight excluding hydrogens is 236 g/mol. The molecule has 3 nitrogen and oxygen atoms in total. The molecule has 0 aliphatic rings. The molecule has 2 rings (SSSR count). The van der Waals surface area contributed by atoms with Crippen LogP contribution in [-0.2, 0) is 19.5 Å². The molecule has 0 unspecified atom stereocenters. The van der Waals surface area contributed by atoms with Gasteiger partial charge in [-0.25, -0.2) is 0 Å². The van der Waals surface area contributed by atoms with E-state index in [9.17, 15) is 0 Å². The fourth-order valence-corrected chi connectivity index (χ4v) is 2.18. The summed E-state index contributed by atoms with van der Waals surface area (Å²) in [6.07, 6.45) is 1.06. The molecule has 0 aliphatic heterocycles. The topological polar surface area (TPSA) is 42.4 Å². The van der Waals surface area contributed by atoms with E-state index in [2.05, 4.69) is 42.3 Å². The minimum absolute atomic E-state index is 0.545. The summed E-state index contributed by atoms with van der Waals surface area (Å²) in [5, 5.41) is 0. The normalized spacial score (nSPS) is 11.2. The lowest BCUT2D eigenvalue weighted by atomic mass is 10.1. The van der Waals surface area contributed by atoms with E-state index < -0.39 is 0 Å². The first-order valence-electron chi connectivity index (χ1n) is 6.69. The summed E-state index contributed by atoms with van der Waals surface area (Å²) in [6, 6.07) is 12.6. The standard InChI is InChI=1S/C16H22N2O/c1-13-15(11-17)10-16(19-13)12-18(2)9-8-14-6-4-3-5-7-14/h3-7,10H,8-9,11-12,17H2,1-2H3. The Morgan fingerprint density at radius 2 is 1.95 bits per heavy atom. The number of hydrogen-bond acceptors (Lipinski definition) is 3. The van der Waals surface area contributed by atoms with Crippen LogP contribution in [-0.4, -0.2) is 18.5 Å². The van der Waals surface area contributed by atoms with Crippen LogP contribution in [0.1, 0.15) is 22.6 Å². The van der Waals surface area contributed by atoms with Crippen LogP contribution < -0.4 is 5.73 Å². The first-order valence-corrected chi connectivity index (χ1v) is 6.69. The third-order valence-electron chi connectivity index (χ3n) is 3.34. The summed E-state index contributed by atoms with van der Waals surface area (Å²) in [6.45, 7) is 4.36. The summed E-state index contributed by atoms with van der Waals surface area (Å²) < 4.78 is 5.71. The third kappa shape index (κ3) is 3.94. The lowest BCUT2D eigenvalue weighted by Gasteiger charge is -2.14. The highest BCUT2D eigenvalue weighted by Gasteiger charge is 2.08. The Morgan fingerprint density at radius 3 is 2.58 bits per heavy atom. The van der Waals surface area contributed by atoms with Crippen LogP contribution in [0, 0.1) is 6.92 Å². The number of hydrogen-bond donors (Lipinski definition) is 1. The van der Waals surface area contributed by atoms with E-state index in [0.717, 1.165) is 36.6 Å². The quantitative estimate of drug-likeness (QED) is 0.866. The van der Waals surface area contributed by atoms with Gasteiger partial charge in [-0.15, -0.1) is 0 Å². The number of rotatable bonds is 6. The van der Waals surface area contributed by atoms with Crippen molar-refractivity contribution in [1.82, 2.24) is 4.90 Å². The van der Waals surface area contributed by atoms with Crippen molar-refractivity contribution in [2.45, 2.75) is 26.4 Å². The zero-order chi connectivity index (χ0) is 13.7. The first kappa shape index (κ1) is 13.8. The molecule has 0 saturated carbocycles. The monoisotopic (exact) mass is 258 g/mol. The van der Waals surface area contributed by atoms with Crippen LogP contribution in [0.15, 0.2) is 40.8 Å². The van der Waals surface area contributed by atoms with Crippen molar-refractivity contribution in [1.29, 1.82) is 0 Å². The lowest BCUT2D eigenvalue weighted by molar-refractivity contribution is 0.295. The number of likely N-dealkylation sites (N-methyl/N-ethyl adjacent to an activating group) is 1. The summed E-state index contributed by atoms with van der Waals surface area (Å²) >= 11 is 0. The highest BCUT2D eigenvalue weighted by Crippen LogP contribution is 2.15. The molecule has 1 aromatic heterocycles. The maximum atomic E-state index is 5.71. The maximum Gasteiger partial charge on any atom is 0.118 e. The third-order valence-corrected chi connectivity index (χ3v) is 3.34. The maximum absolute atomic E-state index is 5.71. The number of nitrogens with two attached hydrogens (primary N) is 1. The fourth-order valence-electron chi connectivity index (χ4n) is 2.18. The van der Waals surface area contributed by atoms with Crippen molar-refractivity contribution >= 4 is 0 Å². The number of benzene rings is 1. The van der Waals surface area contributed by atoms with Crippen molar-refractivity contribution in [2.75, 3.05) is 13.6 Å². The van der Waals surface area contributed by atoms with Gasteiger partial charge in [0.05, 0.1) is 6.54 Å². The van der Waals surface area contributed by atoms with Gasteiger partial charge in [0, 0.05) is 18.7 Å². The average molecular weight is 258 g/mol. The first-order chi connectivity index (χ1) is 9.19. The molecule has 2 N–H and O–H groups in total. The predicted molar refractivity (Wildman–Crippen MR) is 77.8 cm³/mol. The molecule has 1 heterocycles. The number of furan rings is 1. The van der Waals surface area contributed by atoms with Gasteiger partial charge in [0.1, 0.15) is 11.5 Å². The Kier molecular flexibility index (Phi) is 4.77. The zero-order valence-electron chi connectivity index (χ0n) is 11.7. The molecule has 0 aliphatic carbocycles. The van der Waals surface area contributed by atoms with Gasteiger partial charge >= 0.3 is 0 Å². The Hall–Kier alpha value is -1.58. The van der Waals surface area contributed by atoms with Gasteiger partial charge in [-0.2, -0.15) is 0 Å². The van der Waals surface area contributed by atoms with E-state index in [0.29, 0.717) is 6.54 Å². The van der Waals surface area contributed by atoms with Gasteiger partial charge in [0.25, 0.3) is 0 Å². The molecule has 0 amide bonds. The fraction of sp³-hybridized carbons (Fsp3) is 0.375. The molecule has 0 saturated heterocycles. The minimum Gasteiger partial charge on any atom is -0.465 e. The summed E-state index contributed by atoms with van der Waals surface area (Å²) in [7, 11) is 2.11. The molecule has 0 spiro atoms. The number of aryl methyl sites for hydroxylation is 1. The predicted octanol–water partition coefficient (Wildman–Crippen LogP) is 2.72. The minimum atomic E-state index is 0.545. The van der Waals surface area contributed by atoms with Crippen molar-refractivity contribution in [3.05, 3.63) is 59.0 Å². The van der Waals surface area contributed by atoms with Gasteiger partial charge in [-0.3, -0.25) is 4.90 Å². The molecule has 0 atom stereocenters. The van der Waals surface area contributed by atoms with Crippen LogP contribution >= 0.6 is 0 Å². The highest BCUT2D eigenvalue weighted by molar-refractivity contribution is 5.20. The lowest BCUT2D eigenvalue weighted by Crippen LogP contribution is -2.20. The average Bonchev–Trinajstić information content (AvgIpc) is 2.77. The van der Waals surface area contributed by atoms with E-state index in [1.165, 1.54) is 5.56 Å². The Morgan fingerprint density at radius 1 is 1.21 bits per heavy atom. The molecule has 19 heavy (non-hydrogen) atoms. The van der Waals surface area contributed by atoms with Crippen LogP contribution in [0.3, 0.4) is 0 Å². The Labute approximate surface area is 115 Å². The van der Waals surface area contributed by atoms with Crippen molar-refractivity contribution in [3.63, 3.8) is 0 Å².